The van der Waals surface area contributed by atoms with Crippen LogP contribution in [0.3, 0.4) is 0 Å². The van der Waals surface area contributed by atoms with Gasteiger partial charge in [-0.05, 0) is 19.9 Å². The van der Waals surface area contributed by atoms with E-state index in [9.17, 15) is 19.7 Å². The summed E-state index contributed by atoms with van der Waals surface area (Å²) < 4.78 is 0. The summed E-state index contributed by atoms with van der Waals surface area (Å²) >= 11 is 0. The fourth-order valence-corrected chi connectivity index (χ4v) is 2.81. The number of carbonyl (C=O) groups is 2. The Morgan fingerprint density at radius 1 is 1.05 bits per heavy atom. The van der Waals surface area contributed by atoms with Crippen molar-refractivity contribution in [2.24, 2.45) is 0 Å². The van der Waals surface area contributed by atoms with E-state index >= 15 is 0 Å². The predicted molar refractivity (Wildman–Crippen MR) is 78.3 cm³/mol. The van der Waals surface area contributed by atoms with Crippen molar-refractivity contribution in [3.63, 3.8) is 0 Å². The molecule has 0 radical (unpaired) electrons. The maximum atomic E-state index is 11.9. The van der Waals surface area contributed by atoms with Crippen molar-refractivity contribution < 1.29 is 14.5 Å². The standard InChI is InChI=1S/C14H17N3O4/c1-8-9(2)16(11(4)19)14-7-12(17(20)21)5-6-13(14)15(8)10(3)18/h5-9H,1-4H3/t8-,9+/m1/s1. The van der Waals surface area contributed by atoms with Crippen molar-refractivity contribution >= 4 is 28.9 Å². The number of fused-ring (bicyclic) bond motifs is 1. The highest BCUT2D eigenvalue weighted by Gasteiger charge is 2.38. The SMILES string of the molecule is CC(=O)N1c2ccc([N+](=O)[O-])cc2N(C(C)=O)[C@@H](C)[C@H]1C. The molecule has 2 amide bonds. The summed E-state index contributed by atoms with van der Waals surface area (Å²) in [5.41, 5.74) is 0.816. The van der Waals surface area contributed by atoms with Gasteiger partial charge in [0.15, 0.2) is 0 Å². The minimum Gasteiger partial charge on any atom is -0.306 e. The van der Waals surface area contributed by atoms with Gasteiger partial charge in [0.1, 0.15) is 0 Å². The molecule has 0 unspecified atom stereocenters. The Labute approximate surface area is 122 Å². The Morgan fingerprint density at radius 2 is 1.52 bits per heavy atom. The third-order valence-corrected chi connectivity index (χ3v) is 3.88. The Morgan fingerprint density at radius 3 is 1.95 bits per heavy atom. The molecule has 1 aliphatic rings. The van der Waals surface area contributed by atoms with Gasteiger partial charge in [-0.25, -0.2) is 0 Å². The van der Waals surface area contributed by atoms with E-state index < -0.39 is 4.92 Å². The van der Waals surface area contributed by atoms with E-state index in [2.05, 4.69) is 0 Å². The molecule has 21 heavy (non-hydrogen) atoms. The first kappa shape index (κ1) is 15.0. The lowest BCUT2D eigenvalue weighted by Crippen LogP contribution is -2.56. The number of anilines is 2. The minimum absolute atomic E-state index is 0.106. The molecule has 0 aliphatic carbocycles. The maximum Gasteiger partial charge on any atom is 0.271 e. The minimum atomic E-state index is -0.514. The van der Waals surface area contributed by atoms with E-state index in [1.54, 1.807) is 4.90 Å². The van der Waals surface area contributed by atoms with Crippen molar-refractivity contribution in [1.29, 1.82) is 0 Å². The van der Waals surface area contributed by atoms with Gasteiger partial charge < -0.3 is 9.80 Å². The number of nitrogens with zero attached hydrogens (tertiary/aromatic N) is 3. The van der Waals surface area contributed by atoms with Crippen molar-refractivity contribution in [2.45, 2.75) is 39.8 Å². The summed E-state index contributed by atoms with van der Waals surface area (Å²) in [7, 11) is 0. The largest absolute Gasteiger partial charge is 0.306 e. The van der Waals surface area contributed by atoms with Crippen LogP contribution in [0.4, 0.5) is 17.1 Å². The van der Waals surface area contributed by atoms with Gasteiger partial charge in [-0.1, -0.05) is 0 Å². The van der Waals surface area contributed by atoms with Gasteiger partial charge in [-0.15, -0.1) is 0 Å². The van der Waals surface area contributed by atoms with Crippen molar-refractivity contribution in [3.8, 4) is 0 Å². The molecular formula is C14H17N3O4. The highest BCUT2D eigenvalue weighted by Crippen LogP contribution is 2.40. The quantitative estimate of drug-likeness (QED) is 0.586. The molecule has 1 aromatic rings. The number of nitro groups is 1. The van der Waals surface area contributed by atoms with Crippen LogP contribution in [0.5, 0.6) is 0 Å². The Bertz CT molecular complexity index is 629. The first-order valence-corrected chi connectivity index (χ1v) is 6.63. The molecule has 1 heterocycles. The van der Waals surface area contributed by atoms with Gasteiger partial charge in [-0.2, -0.15) is 0 Å². The van der Waals surface area contributed by atoms with Gasteiger partial charge >= 0.3 is 0 Å². The number of benzene rings is 1. The zero-order valence-corrected chi connectivity index (χ0v) is 12.4. The molecule has 0 fully saturated rings. The average Bonchev–Trinajstić information content (AvgIpc) is 2.38. The molecule has 112 valence electrons. The lowest BCUT2D eigenvalue weighted by molar-refractivity contribution is -0.384. The fourth-order valence-electron chi connectivity index (χ4n) is 2.81. The highest BCUT2D eigenvalue weighted by molar-refractivity contribution is 6.04. The van der Waals surface area contributed by atoms with Gasteiger partial charge in [0, 0.05) is 26.0 Å². The highest BCUT2D eigenvalue weighted by atomic mass is 16.6. The summed E-state index contributed by atoms with van der Waals surface area (Å²) in [6, 6.07) is 3.74. The van der Waals surface area contributed by atoms with Crippen LogP contribution in [0, 0.1) is 10.1 Å². The molecule has 0 aromatic heterocycles. The number of hydrogen-bond acceptors (Lipinski definition) is 4. The van der Waals surface area contributed by atoms with Crippen LogP contribution in [-0.4, -0.2) is 28.8 Å². The first-order chi connectivity index (χ1) is 9.75. The van der Waals surface area contributed by atoms with E-state index in [-0.39, 0.29) is 29.6 Å². The fraction of sp³-hybridized carbons (Fsp3) is 0.429. The van der Waals surface area contributed by atoms with Crippen LogP contribution < -0.4 is 9.80 Å². The zero-order valence-electron chi connectivity index (χ0n) is 12.4. The van der Waals surface area contributed by atoms with Gasteiger partial charge in [-0.3, -0.25) is 19.7 Å². The molecule has 0 bridgehead atoms. The van der Waals surface area contributed by atoms with Crippen LogP contribution in [0.2, 0.25) is 0 Å². The molecule has 7 nitrogen and oxygen atoms in total. The van der Waals surface area contributed by atoms with Gasteiger partial charge in [0.2, 0.25) is 11.8 Å². The molecule has 0 saturated carbocycles. The topological polar surface area (TPSA) is 83.8 Å². The molecule has 0 saturated heterocycles. The number of rotatable bonds is 1. The average molecular weight is 291 g/mol. The van der Waals surface area contributed by atoms with E-state index in [0.29, 0.717) is 11.4 Å². The van der Waals surface area contributed by atoms with Crippen LogP contribution in [0.15, 0.2) is 18.2 Å². The van der Waals surface area contributed by atoms with E-state index in [1.807, 2.05) is 13.8 Å². The lowest BCUT2D eigenvalue weighted by Gasteiger charge is -2.45. The third-order valence-electron chi connectivity index (χ3n) is 3.88. The van der Waals surface area contributed by atoms with E-state index in [1.165, 1.54) is 36.9 Å². The molecule has 0 spiro atoms. The molecular weight excluding hydrogens is 274 g/mol. The maximum absolute atomic E-state index is 11.9. The zero-order chi connectivity index (χ0) is 15.9. The summed E-state index contributed by atoms with van der Waals surface area (Å²) in [4.78, 5) is 37.3. The van der Waals surface area contributed by atoms with Crippen LogP contribution in [-0.2, 0) is 9.59 Å². The number of amides is 2. The summed E-state index contributed by atoms with van der Waals surface area (Å²) in [5.74, 6) is -0.369. The smallest absolute Gasteiger partial charge is 0.271 e. The van der Waals surface area contributed by atoms with Crippen LogP contribution >= 0.6 is 0 Å². The second-order valence-electron chi connectivity index (χ2n) is 5.19. The Balaban J connectivity index is 2.70. The second-order valence-corrected chi connectivity index (χ2v) is 5.19. The van der Waals surface area contributed by atoms with Gasteiger partial charge in [0.25, 0.3) is 5.69 Å². The lowest BCUT2D eigenvalue weighted by atomic mass is 10.00. The molecule has 2 atom stereocenters. The van der Waals surface area contributed by atoms with Crippen molar-refractivity contribution in [2.75, 3.05) is 9.80 Å². The molecule has 0 N–H and O–H groups in total. The first-order valence-electron chi connectivity index (χ1n) is 6.63. The summed E-state index contributed by atoms with van der Waals surface area (Å²) in [5, 5.41) is 10.9. The summed E-state index contributed by atoms with van der Waals surface area (Å²) in [6.45, 7) is 6.53. The monoisotopic (exact) mass is 291 g/mol. The van der Waals surface area contributed by atoms with Crippen LogP contribution in [0.1, 0.15) is 27.7 Å². The Kier molecular flexibility index (Phi) is 3.67. The number of carbonyl (C=O) groups excluding carboxylic acids is 2. The number of hydrogen-bond donors (Lipinski definition) is 0. The van der Waals surface area contributed by atoms with Crippen LogP contribution in [0.25, 0.3) is 0 Å². The Hall–Kier alpha value is -2.44. The van der Waals surface area contributed by atoms with E-state index in [0.717, 1.165) is 0 Å². The van der Waals surface area contributed by atoms with Crippen molar-refractivity contribution in [3.05, 3.63) is 28.3 Å². The summed E-state index contributed by atoms with van der Waals surface area (Å²) in [6.07, 6.45) is 0. The predicted octanol–water partition coefficient (Wildman–Crippen LogP) is 2.09. The molecule has 1 aliphatic heterocycles. The number of non-ortho nitro benzene ring substituents is 1. The third kappa shape index (κ3) is 2.35. The van der Waals surface area contributed by atoms with Crippen molar-refractivity contribution in [1.82, 2.24) is 0 Å². The molecule has 7 heteroatoms. The normalized spacial score (nSPS) is 21.0. The van der Waals surface area contributed by atoms with E-state index in [4.69, 9.17) is 0 Å². The molecule has 2 rings (SSSR count). The molecule has 1 aromatic carbocycles. The number of nitro benzene ring substituents is 1. The second kappa shape index (κ2) is 5.16. The van der Waals surface area contributed by atoms with Gasteiger partial charge in [0.05, 0.1) is 28.4 Å².